The summed E-state index contributed by atoms with van der Waals surface area (Å²) >= 11 is 3.36. The van der Waals surface area contributed by atoms with Crippen LogP contribution in [-0.2, 0) is 0 Å². The first-order valence-corrected chi connectivity index (χ1v) is 6.48. The summed E-state index contributed by atoms with van der Waals surface area (Å²) in [5, 5.41) is 9.18. The zero-order valence-corrected chi connectivity index (χ0v) is 11.3. The summed E-state index contributed by atoms with van der Waals surface area (Å²) in [6, 6.07) is 5.78. The van der Waals surface area contributed by atoms with Crippen molar-refractivity contribution >= 4 is 15.9 Å². The van der Waals surface area contributed by atoms with Gasteiger partial charge in [0.2, 0.25) is 0 Å². The van der Waals surface area contributed by atoms with E-state index in [0.29, 0.717) is 17.1 Å². The Bertz CT molecular complexity index is 447. The second-order valence-electron chi connectivity index (χ2n) is 4.09. The van der Waals surface area contributed by atoms with Gasteiger partial charge in [0.15, 0.2) is 11.5 Å². The lowest BCUT2D eigenvalue weighted by atomic mass is 10.2. The number of rotatable bonds is 3. The lowest BCUT2D eigenvalue weighted by Gasteiger charge is -2.17. The average molecular weight is 296 g/mol. The van der Waals surface area contributed by atoms with Gasteiger partial charge in [-0.25, -0.2) is 0 Å². The van der Waals surface area contributed by atoms with Crippen LogP contribution < -0.4 is 9.47 Å². The van der Waals surface area contributed by atoms with Gasteiger partial charge in [0.05, 0.1) is 13.2 Å². The van der Waals surface area contributed by atoms with E-state index in [-0.39, 0.29) is 6.10 Å². The van der Waals surface area contributed by atoms with Gasteiger partial charge >= 0.3 is 0 Å². The average Bonchev–Trinajstić information content (AvgIpc) is 2.83. The van der Waals surface area contributed by atoms with Crippen molar-refractivity contribution in [2.75, 3.05) is 7.11 Å². The van der Waals surface area contributed by atoms with Crippen molar-refractivity contribution in [3.05, 3.63) is 22.2 Å². The van der Waals surface area contributed by atoms with Gasteiger partial charge in [-0.05, 0) is 53.7 Å². The molecule has 1 fully saturated rings. The van der Waals surface area contributed by atoms with E-state index in [0.717, 1.165) is 17.3 Å². The number of methoxy groups -OCH3 is 1. The topological polar surface area (TPSA) is 42.2 Å². The molecule has 1 aromatic rings. The molecule has 1 aliphatic carbocycles. The number of nitrogens with zero attached hydrogens (tertiary/aromatic N) is 1. The Morgan fingerprint density at radius 3 is 2.65 bits per heavy atom. The highest BCUT2D eigenvalue weighted by Gasteiger charge is 2.21. The van der Waals surface area contributed by atoms with Crippen molar-refractivity contribution in [1.82, 2.24) is 0 Å². The van der Waals surface area contributed by atoms with Gasteiger partial charge < -0.3 is 9.47 Å². The first kappa shape index (κ1) is 12.3. The highest BCUT2D eigenvalue weighted by atomic mass is 79.9. The molecule has 0 N–H and O–H groups in total. The standard InChI is InChI=1S/C13H14BrNO2/c1-16-12-7-6-11(14)10(8-15)13(12)17-9-4-2-3-5-9/h6-7,9H,2-5H2,1H3. The van der Waals surface area contributed by atoms with Crippen molar-refractivity contribution in [2.24, 2.45) is 0 Å². The third-order valence-electron chi connectivity index (χ3n) is 2.99. The molecule has 0 bridgehead atoms. The van der Waals surface area contributed by atoms with Crippen molar-refractivity contribution in [2.45, 2.75) is 31.8 Å². The largest absolute Gasteiger partial charge is 0.493 e. The van der Waals surface area contributed by atoms with Crippen LogP contribution in [0.3, 0.4) is 0 Å². The summed E-state index contributed by atoms with van der Waals surface area (Å²) in [5.41, 5.74) is 0.510. The van der Waals surface area contributed by atoms with Crippen LogP contribution in [0.25, 0.3) is 0 Å². The molecule has 0 saturated heterocycles. The highest BCUT2D eigenvalue weighted by molar-refractivity contribution is 9.10. The van der Waals surface area contributed by atoms with Crippen LogP contribution in [0.5, 0.6) is 11.5 Å². The minimum absolute atomic E-state index is 0.213. The fourth-order valence-electron chi connectivity index (χ4n) is 2.09. The third kappa shape index (κ3) is 2.55. The lowest BCUT2D eigenvalue weighted by molar-refractivity contribution is 0.200. The molecular formula is C13H14BrNO2. The minimum Gasteiger partial charge on any atom is -0.493 e. The predicted molar refractivity (Wildman–Crippen MR) is 68.3 cm³/mol. The Hall–Kier alpha value is -1.21. The molecule has 0 aromatic heterocycles. The Morgan fingerprint density at radius 1 is 1.35 bits per heavy atom. The van der Waals surface area contributed by atoms with Crippen molar-refractivity contribution in [3.8, 4) is 17.6 Å². The summed E-state index contributed by atoms with van der Waals surface area (Å²) in [6.07, 6.45) is 4.72. The summed E-state index contributed by atoms with van der Waals surface area (Å²) in [7, 11) is 1.59. The van der Waals surface area contributed by atoms with E-state index in [9.17, 15) is 5.26 Å². The van der Waals surface area contributed by atoms with E-state index in [2.05, 4.69) is 22.0 Å². The molecule has 0 amide bonds. The van der Waals surface area contributed by atoms with Crippen LogP contribution in [0, 0.1) is 11.3 Å². The number of hydrogen-bond donors (Lipinski definition) is 0. The third-order valence-corrected chi connectivity index (χ3v) is 3.65. The minimum atomic E-state index is 0.213. The Kier molecular flexibility index (Phi) is 3.90. The SMILES string of the molecule is COc1ccc(Br)c(C#N)c1OC1CCCC1. The highest BCUT2D eigenvalue weighted by Crippen LogP contribution is 2.38. The van der Waals surface area contributed by atoms with Crippen LogP contribution >= 0.6 is 15.9 Å². The van der Waals surface area contributed by atoms with Gasteiger partial charge in [-0.1, -0.05) is 0 Å². The van der Waals surface area contributed by atoms with Gasteiger partial charge in [0.25, 0.3) is 0 Å². The smallest absolute Gasteiger partial charge is 0.180 e. The Morgan fingerprint density at radius 2 is 2.06 bits per heavy atom. The fraction of sp³-hybridized carbons (Fsp3) is 0.462. The number of ether oxygens (including phenoxy) is 2. The normalized spacial score (nSPS) is 15.6. The molecule has 1 aromatic carbocycles. The van der Waals surface area contributed by atoms with Crippen molar-refractivity contribution in [3.63, 3.8) is 0 Å². The lowest BCUT2D eigenvalue weighted by Crippen LogP contribution is -2.12. The second kappa shape index (κ2) is 5.42. The molecular weight excluding hydrogens is 282 g/mol. The second-order valence-corrected chi connectivity index (χ2v) is 4.94. The first-order chi connectivity index (χ1) is 8.26. The van der Waals surface area contributed by atoms with Gasteiger partial charge in [0.1, 0.15) is 11.6 Å². The van der Waals surface area contributed by atoms with Crippen LogP contribution in [0.4, 0.5) is 0 Å². The molecule has 2 rings (SSSR count). The molecule has 0 radical (unpaired) electrons. The first-order valence-electron chi connectivity index (χ1n) is 5.69. The van der Waals surface area contributed by atoms with Gasteiger partial charge in [-0.2, -0.15) is 5.26 Å². The number of nitriles is 1. The van der Waals surface area contributed by atoms with Gasteiger partial charge in [-0.15, -0.1) is 0 Å². The molecule has 1 saturated carbocycles. The molecule has 17 heavy (non-hydrogen) atoms. The maximum atomic E-state index is 9.18. The van der Waals surface area contributed by atoms with E-state index < -0.39 is 0 Å². The molecule has 0 atom stereocenters. The van der Waals surface area contributed by atoms with E-state index in [1.807, 2.05) is 6.07 Å². The maximum Gasteiger partial charge on any atom is 0.180 e. The van der Waals surface area contributed by atoms with Gasteiger partial charge in [0, 0.05) is 4.47 Å². The fourth-order valence-corrected chi connectivity index (χ4v) is 2.50. The van der Waals surface area contributed by atoms with Crippen LogP contribution in [0.1, 0.15) is 31.2 Å². The van der Waals surface area contributed by atoms with Crippen LogP contribution in [0.2, 0.25) is 0 Å². The van der Waals surface area contributed by atoms with Crippen molar-refractivity contribution < 1.29 is 9.47 Å². The summed E-state index contributed by atoms with van der Waals surface area (Å²) in [4.78, 5) is 0. The monoisotopic (exact) mass is 295 g/mol. The van der Waals surface area contributed by atoms with Crippen LogP contribution in [0.15, 0.2) is 16.6 Å². The van der Waals surface area contributed by atoms with Gasteiger partial charge in [-0.3, -0.25) is 0 Å². The molecule has 90 valence electrons. The molecule has 0 aliphatic heterocycles. The maximum absolute atomic E-state index is 9.18. The number of halogens is 1. The molecule has 3 nitrogen and oxygen atoms in total. The van der Waals surface area contributed by atoms with E-state index in [1.165, 1.54) is 12.8 Å². The molecule has 0 heterocycles. The van der Waals surface area contributed by atoms with Crippen LogP contribution in [-0.4, -0.2) is 13.2 Å². The van der Waals surface area contributed by atoms with E-state index >= 15 is 0 Å². The zero-order chi connectivity index (χ0) is 12.3. The molecule has 0 spiro atoms. The number of hydrogen-bond acceptors (Lipinski definition) is 3. The summed E-state index contributed by atoms with van der Waals surface area (Å²) in [6.45, 7) is 0. The zero-order valence-electron chi connectivity index (χ0n) is 9.70. The number of benzene rings is 1. The Balaban J connectivity index is 2.34. The predicted octanol–water partition coefficient (Wildman–Crippen LogP) is 3.65. The molecule has 4 heteroatoms. The van der Waals surface area contributed by atoms with Crippen molar-refractivity contribution in [1.29, 1.82) is 5.26 Å². The van der Waals surface area contributed by atoms with E-state index in [4.69, 9.17) is 9.47 Å². The summed E-state index contributed by atoms with van der Waals surface area (Å²) in [5.74, 6) is 1.19. The molecule has 1 aliphatic rings. The summed E-state index contributed by atoms with van der Waals surface area (Å²) < 4.78 is 11.9. The molecule has 0 unspecified atom stereocenters. The quantitative estimate of drug-likeness (QED) is 0.855. The van der Waals surface area contributed by atoms with E-state index in [1.54, 1.807) is 13.2 Å². The Labute approximate surface area is 109 Å².